The minimum absolute atomic E-state index is 0.152. The summed E-state index contributed by atoms with van der Waals surface area (Å²) < 4.78 is 16.9. The van der Waals surface area contributed by atoms with E-state index in [1.807, 2.05) is 0 Å². The second-order valence-electron chi connectivity index (χ2n) is 7.29. The quantitative estimate of drug-likeness (QED) is 0.689. The summed E-state index contributed by atoms with van der Waals surface area (Å²) in [6.07, 6.45) is 1.36. The van der Waals surface area contributed by atoms with Gasteiger partial charge < -0.3 is 19.2 Å². The van der Waals surface area contributed by atoms with Crippen LogP contribution in [-0.2, 0) is 11.3 Å². The first kappa shape index (κ1) is 20.9. The number of nitriles is 1. The van der Waals surface area contributed by atoms with E-state index in [2.05, 4.69) is 30.1 Å². The number of para-hydroxylation sites is 1. The zero-order chi connectivity index (χ0) is 20.6. The molecule has 2 aromatic rings. The zero-order valence-electron chi connectivity index (χ0n) is 16.9. The summed E-state index contributed by atoms with van der Waals surface area (Å²) in [5.74, 6) is 1.03. The van der Waals surface area contributed by atoms with Gasteiger partial charge in [-0.15, -0.1) is 0 Å². The summed E-state index contributed by atoms with van der Waals surface area (Å²) in [5.41, 5.74) is 0.459. The van der Waals surface area contributed by atoms with E-state index in [4.69, 9.17) is 19.2 Å². The molecule has 1 aliphatic rings. The van der Waals surface area contributed by atoms with Crippen LogP contribution in [0.3, 0.4) is 0 Å². The average molecular weight is 397 g/mol. The monoisotopic (exact) mass is 397 g/mol. The molecule has 7 nitrogen and oxygen atoms in total. The van der Waals surface area contributed by atoms with Gasteiger partial charge in [-0.2, -0.15) is 5.26 Å². The van der Waals surface area contributed by atoms with Crippen LogP contribution in [0, 0.1) is 11.3 Å². The van der Waals surface area contributed by atoms with Crippen LogP contribution >= 0.6 is 0 Å². The van der Waals surface area contributed by atoms with Gasteiger partial charge in [-0.3, -0.25) is 9.69 Å². The van der Waals surface area contributed by atoms with E-state index in [9.17, 15) is 4.79 Å². The Morgan fingerprint density at radius 1 is 1.24 bits per heavy atom. The molecule has 2 unspecified atom stereocenters. The number of carbonyl (C=O) groups excluding carboxylic acids is 1. The zero-order valence-corrected chi connectivity index (χ0v) is 16.9. The fourth-order valence-electron chi connectivity index (χ4n) is 3.47. The Kier molecular flexibility index (Phi) is 7.28. The van der Waals surface area contributed by atoms with Gasteiger partial charge in [0.05, 0.1) is 17.8 Å². The first-order valence-electron chi connectivity index (χ1n) is 9.92. The Labute approximate surface area is 171 Å². The third-order valence-corrected chi connectivity index (χ3v) is 4.69. The smallest absolute Gasteiger partial charge is 0.286 e. The van der Waals surface area contributed by atoms with Crippen molar-refractivity contribution in [2.45, 2.75) is 39.1 Å². The normalized spacial score (nSPS) is 19.5. The van der Waals surface area contributed by atoms with E-state index in [0.29, 0.717) is 23.6 Å². The highest BCUT2D eigenvalue weighted by Crippen LogP contribution is 2.19. The molecule has 0 saturated carbocycles. The number of hydrogen-bond donors (Lipinski definition) is 1. The standard InChI is InChI=1S/C22H27N3O4/c1-16-13-25(14-17(2)28-16)11-5-10-24-22(26)21-9-8-19(29-21)15-27-20-7-4-3-6-18(20)12-23/h3-4,6-9,16-17H,5,10-11,13-15H2,1-2H3,(H,24,26). The van der Waals surface area contributed by atoms with Crippen LogP contribution in [0.1, 0.15) is 42.1 Å². The predicted octanol–water partition coefficient (Wildman–Crippen LogP) is 2.96. The van der Waals surface area contributed by atoms with Gasteiger partial charge in [0.15, 0.2) is 5.76 Å². The second-order valence-corrected chi connectivity index (χ2v) is 7.29. The van der Waals surface area contributed by atoms with Gasteiger partial charge in [-0.05, 0) is 44.5 Å². The molecule has 1 amide bonds. The summed E-state index contributed by atoms with van der Waals surface area (Å²) >= 11 is 0. The molecule has 0 spiro atoms. The Balaban J connectivity index is 1.40. The Morgan fingerprint density at radius 3 is 2.76 bits per heavy atom. The summed E-state index contributed by atoms with van der Waals surface area (Å²) in [5, 5.41) is 12.0. The lowest BCUT2D eigenvalue weighted by molar-refractivity contribution is -0.0680. The Hall–Kier alpha value is -2.82. The lowest BCUT2D eigenvalue weighted by atomic mass is 10.2. The molecule has 0 bridgehead atoms. The van der Waals surface area contributed by atoms with Crippen molar-refractivity contribution in [3.05, 3.63) is 53.5 Å². The minimum atomic E-state index is -0.239. The highest BCUT2D eigenvalue weighted by molar-refractivity contribution is 5.91. The molecule has 1 aliphatic heterocycles. The molecule has 0 radical (unpaired) electrons. The number of nitrogens with one attached hydrogen (secondary N) is 1. The maximum Gasteiger partial charge on any atom is 0.286 e. The van der Waals surface area contributed by atoms with Crippen molar-refractivity contribution in [1.29, 1.82) is 5.26 Å². The lowest BCUT2D eigenvalue weighted by Crippen LogP contribution is -2.46. The van der Waals surface area contributed by atoms with E-state index >= 15 is 0 Å². The first-order valence-corrected chi connectivity index (χ1v) is 9.92. The molecule has 2 heterocycles. The van der Waals surface area contributed by atoms with E-state index < -0.39 is 0 Å². The molecule has 7 heteroatoms. The minimum Gasteiger partial charge on any atom is -0.484 e. The SMILES string of the molecule is CC1CN(CCCNC(=O)c2ccc(COc3ccccc3C#N)o2)CC(C)O1. The topological polar surface area (TPSA) is 87.7 Å². The summed E-state index contributed by atoms with van der Waals surface area (Å²) in [6, 6.07) is 12.4. The van der Waals surface area contributed by atoms with Crippen LogP contribution in [0.15, 0.2) is 40.8 Å². The van der Waals surface area contributed by atoms with Gasteiger partial charge >= 0.3 is 0 Å². The van der Waals surface area contributed by atoms with E-state index in [1.54, 1.807) is 36.4 Å². The molecule has 1 N–H and O–H groups in total. The third kappa shape index (κ3) is 6.08. The number of rotatable bonds is 8. The summed E-state index contributed by atoms with van der Waals surface area (Å²) in [4.78, 5) is 14.6. The number of benzene rings is 1. The number of nitrogens with zero attached hydrogens (tertiary/aromatic N) is 2. The van der Waals surface area contributed by atoms with Crippen molar-refractivity contribution in [1.82, 2.24) is 10.2 Å². The molecule has 1 fully saturated rings. The highest BCUT2D eigenvalue weighted by Gasteiger charge is 2.21. The fraction of sp³-hybridized carbons (Fsp3) is 0.455. The van der Waals surface area contributed by atoms with Crippen molar-refractivity contribution < 1.29 is 18.7 Å². The average Bonchev–Trinajstić information content (AvgIpc) is 3.18. The fourth-order valence-corrected chi connectivity index (χ4v) is 3.47. The summed E-state index contributed by atoms with van der Waals surface area (Å²) in [7, 11) is 0. The van der Waals surface area contributed by atoms with Crippen molar-refractivity contribution in [2.75, 3.05) is 26.2 Å². The van der Waals surface area contributed by atoms with Gasteiger partial charge in [-0.1, -0.05) is 12.1 Å². The van der Waals surface area contributed by atoms with Crippen LogP contribution in [0.5, 0.6) is 5.75 Å². The van der Waals surface area contributed by atoms with Crippen LogP contribution < -0.4 is 10.1 Å². The van der Waals surface area contributed by atoms with E-state index in [1.165, 1.54) is 0 Å². The number of hydrogen-bond acceptors (Lipinski definition) is 6. The molecule has 1 aromatic carbocycles. The molecule has 2 atom stereocenters. The highest BCUT2D eigenvalue weighted by atomic mass is 16.5. The van der Waals surface area contributed by atoms with Crippen LogP contribution in [0.25, 0.3) is 0 Å². The molecule has 3 rings (SSSR count). The molecule has 154 valence electrons. The number of amides is 1. The molecule has 0 aliphatic carbocycles. The number of ether oxygens (including phenoxy) is 2. The first-order chi connectivity index (χ1) is 14.0. The summed E-state index contributed by atoms with van der Waals surface area (Å²) in [6.45, 7) is 7.68. The lowest BCUT2D eigenvalue weighted by Gasteiger charge is -2.35. The van der Waals surface area contributed by atoms with Gasteiger partial charge in [0, 0.05) is 26.2 Å². The molecule has 1 aromatic heterocycles. The van der Waals surface area contributed by atoms with Gasteiger partial charge in [0.25, 0.3) is 5.91 Å². The third-order valence-electron chi connectivity index (χ3n) is 4.69. The van der Waals surface area contributed by atoms with Gasteiger partial charge in [0.1, 0.15) is 24.2 Å². The maximum atomic E-state index is 12.3. The molecular weight excluding hydrogens is 370 g/mol. The molecule has 1 saturated heterocycles. The van der Waals surface area contributed by atoms with Crippen LogP contribution in [0.4, 0.5) is 0 Å². The molecular formula is C22H27N3O4. The van der Waals surface area contributed by atoms with Crippen molar-refractivity contribution in [2.24, 2.45) is 0 Å². The maximum absolute atomic E-state index is 12.3. The molecule has 29 heavy (non-hydrogen) atoms. The van der Waals surface area contributed by atoms with Crippen LogP contribution in [0.2, 0.25) is 0 Å². The van der Waals surface area contributed by atoms with E-state index in [-0.39, 0.29) is 30.5 Å². The number of carbonyl (C=O) groups is 1. The van der Waals surface area contributed by atoms with Crippen molar-refractivity contribution >= 4 is 5.91 Å². The second kappa shape index (κ2) is 10.1. The largest absolute Gasteiger partial charge is 0.484 e. The van der Waals surface area contributed by atoms with Crippen molar-refractivity contribution in [3.63, 3.8) is 0 Å². The Bertz CT molecular complexity index is 848. The van der Waals surface area contributed by atoms with Gasteiger partial charge in [0.2, 0.25) is 0 Å². The number of morpholine rings is 1. The predicted molar refractivity (Wildman–Crippen MR) is 108 cm³/mol. The van der Waals surface area contributed by atoms with Crippen LogP contribution in [-0.4, -0.2) is 49.2 Å². The number of furan rings is 1. The van der Waals surface area contributed by atoms with Gasteiger partial charge in [-0.25, -0.2) is 0 Å². The Morgan fingerprint density at radius 2 is 2.00 bits per heavy atom. The van der Waals surface area contributed by atoms with Crippen molar-refractivity contribution in [3.8, 4) is 11.8 Å². The van der Waals surface area contributed by atoms with E-state index in [0.717, 1.165) is 26.1 Å².